The molecule has 0 radical (unpaired) electrons. The van der Waals surface area contributed by atoms with Gasteiger partial charge < -0.3 is 10.6 Å². The number of nitrogens with one attached hydrogen (secondary N) is 2. The lowest BCUT2D eigenvalue weighted by molar-refractivity contribution is -0.129. The third-order valence-electron chi connectivity index (χ3n) is 2.96. The molecular weight excluding hydrogens is 324 g/mol. The van der Waals surface area contributed by atoms with Gasteiger partial charge >= 0.3 is 0 Å². The minimum atomic E-state index is -0.228. The van der Waals surface area contributed by atoms with E-state index in [1.54, 1.807) is 11.3 Å². The maximum Gasteiger partial charge on any atom is 0.227 e. The highest BCUT2D eigenvalue weighted by atomic mass is 79.9. The molecule has 1 aromatic rings. The summed E-state index contributed by atoms with van der Waals surface area (Å²) in [5, 5.41) is 8.26. The Balaban J connectivity index is 0.00000144. The maximum absolute atomic E-state index is 12.0. The quantitative estimate of drug-likeness (QED) is 0.888. The van der Waals surface area contributed by atoms with Crippen LogP contribution in [-0.2, 0) is 11.3 Å². The SMILES string of the molecule is CC1(C(=O)NCc2cc(Br)cs2)CCNC1.Cl. The van der Waals surface area contributed by atoms with Gasteiger partial charge in [-0.25, -0.2) is 0 Å². The zero-order chi connectivity index (χ0) is 11.6. The van der Waals surface area contributed by atoms with E-state index >= 15 is 0 Å². The topological polar surface area (TPSA) is 41.1 Å². The van der Waals surface area contributed by atoms with E-state index in [1.165, 1.54) is 4.88 Å². The standard InChI is InChI=1S/C11H15BrN2OS.ClH/c1-11(2-3-13-7-11)10(15)14-5-9-4-8(12)6-16-9;/h4,6,13H,2-3,5,7H2,1H3,(H,14,15);1H. The zero-order valence-electron chi connectivity index (χ0n) is 9.59. The molecule has 0 saturated carbocycles. The molecule has 3 nitrogen and oxygen atoms in total. The molecule has 1 aliphatic rings. The van der Waals surface area contributed by atoms with E-state index in [2.05, 4.69) is 26.6 Å². The fourth-order valence-corrected chi connectivity index (χ4v) is 3.23. The number of hydrogen-bond acceptors (Lipinski definition) is 3. The van der Waals surface area contributed by atoms with Crippen molar-refractivity contribution in [3.63, 3.8) is 0 Å². The Labute approximate surface area is 120 Å². The number of carbonyl (C=O) groups is 1. The van der Waals surface area contributed by atoms with Crippen LogP contribution in [0.1, 0.15) is 18.2 Å². The van der Waals surface area contributed by atoms with E-state index in [1.807, 2.05) is 18.4 Å². The van der Waals surface area contributed by atoms with Gasteiger partial charge in [-0.15, -0.1) is 23.7 Å². The van der Waals surface area contributed by atoms with Gasteiger partial charge in [-0.2, -0.15) is 0 Å². The molecule has 1 unspecified atom stereocenters. The van der Waals surface area contributed by atoms with Crippen molar-refractivity contribution in [1.82, 2.24) is 10.6 Å². The van der Waals surface area contributed by atoms with Crippen molar-refractivity contribution in [2.45, 2.75) is 19.9 Å². The molecule has 1 saturated heterocycles. The van der Waals surface area contributed by atoms with Crippen LogP contribution in [-0.4, -0.2) is 19.0 Å². The molecule has 2 heterocycles. The normalized spacial score (nSPS) is 23.2. The third kappa shape index (κ3) is 3.68. The van der Waals surface area contributed by atoms with E-state index in [4.69, 9.17) is 0 Å². The first kappa shape index (κ1) is 15.0. The first-order chi connectivity index (χ1) is 7.60. The van der Waals surface area contributed by atoms with E-state index in [-0.39, 0.29) is 23.7 Å². The van der Waals surface area contributed by atoms with Crippen LogP contribution in [0.2, 0.25) is 0 Å². The molecule has 1 amide bonds. The van der Waals surface area contributed by atoms with Crippen LogP contribution in [0.4, 0.5) is 0 Å². The summed E-state index contributed by atoms with van der Waals surface area (Å²) in [6.07, 6.45) is 0.924. The van der Waals surface area contributed by atoms with Crippen LogP contribution in [0.25, 0.3) is 0 Å². The molecule has 96 valence electrons. The van der Waals surface area contributed by atoms with Crippen molar-refractivity contribution in [2.24, 2.45) is 5.41 Å². The minimum absolute atomic E-state index is 0. The molecule has 1 atom stereocenters. The van der Waals surface area contributed by atoms with Crippen molar-refractivity contribution >= 4 is 45.6 Å². The van der Waals surface area contributed by atoms with Gasteiger partial charge in [0.15, 0.2) is 0 Å². The van der Waals surface area contributed by atoms with Gasteiger partial charge in [-0.3, -0.25) is 4.79 Å². The Hall–Kier alpha value is -0.100. The average Bonchev–Trinajstić information content (AvgIpc) is 2.85. The van der Waals surface area contributed by atoms with Crippen molar-refractivity contribution < 1.29 is 4.79 Å². The summed E-state index contributed by atoms with van der Waals surface area (Å²) in [6, 6.07) is 2.04. The van der Waals surface area contributed by atoms with Crippen molar-refractivity contribution in [2.75, 3.05) is 13.1 Å². The lowest BCUT2D eigenvalue weighted by Gasteiger charge is -2.21. The zero-order valence-corrected chi connectivity index (χ0v) is 12.8. The highest BCUT2D eigenvalue weighted by Crippen LogP contribution is 2.25. The number of thiophene rings is 1. The van der Waals surface area contributed by atoms with Gasteiger partial charge in [0.25, 0.3) is 0 Å². The molecule has 17 heavy (non-hydrogen) atoms. The predicted octanol–water partition coefficient (Wildman–Crippen LogP) is 2.55. The Morgan fingerprint density at radius 1 is 1.71 bits per heavy atom. The smallest absolute Gasteiger partial charge is 0.227 e. The Morgan fingerprint density at radius 3 is 3.00 bits per heavy atom. The Kier molecular flexibility index (Phi) is 5.44. The molecule has 1 fully saturated rings. The Morgan fingerprint density at radius 2 is 2.47 bits per heavy atom. The van der Waals surface area contributed by atoms with E-state index in [0.29, 0.717) is 6.54 Å². The minimum Gasteiger partial charge on any atom is -0.351 e. The summed E-state index contributed by atoms with van der Waals surface area (Å²) in [4.78, 5) is 13.2. The summed E-state index contributed by atoms with van der Waals surface area (Å²) in [6.45, 7) is 4.37. The first-order valence-corrected chi connectivity index (χ1v) is 6.99. The second-order valence-electron chi connectivity index (χ2n) is 4.40. The lowest BCUT2D eigenvalue weighted by Crippen LogP contribution is -2.39. The van der Waals surface area contributed by atoms with E-state index in [9.17, 15) is 4.79 Å². The number of amides is 1. The van der Waals surface area contributed by atoms with Gasteiger partial charge in [0.1, 0.15) is 0 Å². The summed E-state index contributed by atoms with van der Waals surface area (Å²) < 4.78 is 1.08. The van der Waals surface area contributed by atoms with Gasteiger partial charge in [0.2, 0.25) is 5.91 Å². The van der Waals surface area contributed by atoms with Crippen molar-refractivity contribution in [3.05, 3.63) is 20.8 Å². The molecule has 0 bridgehead atoms. The first-order valence-electron chi connectivity index (χ1n) is 5.32. The highest BCUT2D eigenvalue weighted by molar-refractivity contribution is 9.10. The fraction of sp³-hybridized carbons (Fsp3) is 0.545. The van der Waals surface area contributed by atoms with Gasteiger partial charge in [0.05, 0.1) is 12.0 Å². The lowest BCUT2D eigenvalue weighted by atomic mass is 9.89. The summed E-state index contributed by atoms with van der Waals surface area (Å²) >= 11 is 5.06. The largest absolute Gasteiger partial charge is 0.351 e. The van der Waals surface area contributed by atoms with Crippen LogP contribution < -0.4 is 10.6 Å². The molecule has 1 aromatic heterocycles. The average molecular weight is 340 g/mol. The molecular formula is C11H16BrClN2OS. The highest BCUT2D eigenvalue weighted by Gasteiger charge is 2.35. The molecule has 6 heteroatoms. The monoisotopic (exact) mass is 338 g/mol. The second kappa shape index (κ2) is 6.18. The van der Waals surface area contributed by atoms with Crippen molar-refractivity contribution in [1.29, 1.82) is 0 Å². The second-order valence-corrected chi connectivity index (χ2v) is 6.31. The Bertz CT molecular complexity index is 391. The number of halogens is 2. The van der Waals surface area contributed by atoms with Crippen LogP contribution >= 0.6 is 39.7 Å². The molecule has 0 spiro atoms. The van der Waals surface area contributed by atoms with Gasteiger partial charge in [-0.05, 0) is 41.9 Å². The van der Waals surface area contributed by atoms with Crippen LogP contribution in [0.15, 0.2) is 15.9 Å². The number of carbonyl (C=O) groups excluding carboxylic acids is 1. The van der Waals surface area contributed by atoms with Crippen LogP contribution in [0.3, 0.4) is 0 Å². The molecule has 0 aliphatic carbocycles. The summed E-state index contributed by atoms with van der Waals surface area (Å²) in [7, 11) is 0. The summed E-state index contributed by atoms with van der Waals surface area (Å²) in [5.41, 5.74) is -0.228. The predicted molar refractivity (Wildman–Crippen MR) is 76.7 cm³/mol. The number of rotatable bonds is 3. The van der Waals surface area contributed by atoms with Gasteiger partial charge in [0, 0.05) is 21.3 Å². The molecule has 2 N–H and O–H groups in total. The molecule has 2 rings (SSSR count). The molecule has 1 aliphatic heterocycles. The third-order valence-corrected chi connectivity index (χ3v) is 4.66. The molecule has 0 aromatic carbocycles. The van der Waals surface area contributed by atoms with E-state index < -0.39 is 0 Å². The van der Waals surface area contributed by atoms with Crippen LogP contribution in [0.5, 0.6) is 0 Å². The number of hydrogen-bond donors (Lipinski definition) is 2. The van der Waals surface area contributed by atoms with Crippen molar-refractivity contribution in [3.8, 4) is 0 Å². The van der Waals surface area contributed by atoms with Crippen LogP contribution in [0, 0.1) is 5.41 Å². The van der Waals surface area contributed by atoms with E-state index in [0.717, 1.165) is 24.0 Å². The maximum atomic E-state index is 12.0. The van der Waals surface area contributed by atoms with Gasteiger partial charge in [-0.1, -0.05) is 0 Å². The summed E-state index contributed by atoms with van der Waals surface area (Å²) in [5.74, 6) is 0.155. The fourth-order valence-electron chi connectivity index (χ4n) is 1.84.